The first kappa shape index (κ1) is 33.6. The van der Waals surface area contributed by atoms with Crippen molar-refractivity contribution < 1.29 is 27.5 Å². The van der Waals surface area contributed by atoms with E-state index < -0.39 is 27.8 Å². The first-order valence-electron chi connectivity index (χ1n) is 16.3. The van der Waals surface area contributed by atoms with E-state index in [0.29, 0.717) is 65.6 Å². The zero-order valence-corrected chi connectivity index (χ0v) is 29.4. The Balaban J connectivity index is 1.22. The maximum atomic E-state index is 14.2. The minimum absolute atomic E-state index is 0.136. The van der Waals surface area contributed by atoms with E-state index in [1.165, 1.54) is 3.97 Å². The molecule has 2 aliphatic heterocycles. The Morgan fingerprint density at radius 2 is 1.68 bits per heavy atom. The van der Waals surface area contributed by atoms with Crippen LogP contribution < -0.4 is 4.74 Å². The Morgan fingerprint density at radius 3 is 2.38 bits per heavy atom. The van der Waals surface area contributed by atoms with Crippen molar-refractivity contribution in [1.82, 2.24) is 23.7 Å². The third kappa shape index (κ3) is 6.52. The fourth-order valence-corrected chi connectivity index (χ4v) is 8.22. The lowest BCUT2D eigenvalue weighted by atomic mass is 9.99. The minimum atomic E-state index is -4.05. The van der Waals surface area contributed by atoms with Crippen LogP contribution in [-0.2, 0) is 32.4 Å². The molecule has 0 aliphatic carbocycles. The maximum absolute atomic E-state index is 14.2. The van der Waals surface area contributed by atoms with E-state index >= 15 is 0 Å². The number of halogens is 1. The molecule has 5 heterocycles. The number of piperazine rings is 1. The highest BCUT2D eigenvalue weighted by atomic mass is 35.5. The lowest BCUT2D eigenvalue weighted by Crippen LogP contribution is -2.54. The summed E-state index contributed by atoms with van der Waals surface area (Å²) in [5.74, 6) is 0.339. The number of carbonyl (C=O) groups is 2. The Morgan fingerprint density at radius 1 is 0.940 bits per heavy atom. The summed E-state index contributed by atoms with van der Waals surface area (Å²) in [4.78, 5) is 38.5. The lowest BCUT2D eigenvalue weighted by Gasteiger charge is -2.36. The molecular formula is C37H36ClN5O6S. The predicted molar refractivity (Wildman–Crippen MR) is 189 cm³/mol. The van der Waals surface area contributed by atoms with Crippen molar-refractivity contribution in [1.29, 1.82) is 0 Å². The molecule has 50 heavy (non-hydrogen) atoms. The third-order valence-electron chi connectivity index (χ3n) is 8.73. The van der Waals surface area contributed by atoms with Crippen molar-refractivity contribution in [2.75, 3.05) is 26.2 Å². The smallest absolute Gasteiger partial charge is 0.410 e. The van der Waals surface area contributed by atoms with Gasteiger partial charge in [0.1, 0.15) is 11.4 Å². The second-order valence-corrected chi connectivity index (χ2v) is 15.6. The zero-order chi connectivity index (χ0) is 35.2. The quantitative estimate of drug-likeness (QED) is 0.211. The molecule has 0 N–H and O–H groups in total. The average Bonchev–Trinajstić information content (AvgIpc) is 3.69. The molecular weight excluding hydrogens is 678 g/mol. The lowest BCUT2D eigenvalue weighted by molar-refractivity contribution is -0.139. The van der Waals surface area contributed by atoms with Crippen molar-refractivity contribution >= 4 is 44.7 Å². The summed E-state index contributed by atoms with van der Waals surface area (Å²) in [5, 5.41) is 1.05. The zero-order valence-electron chi connectivity index (χ0n) is 27.9. The van der Waals surface area contributed by atoms with E-state index in [1.54, 1.807) is 76.9 Å². The van der Waals surface area contributed by atoms with E-state index in [9.17, 15) is 18.0 Å². The van der Waals surface area contributed by atoms with Gasteiger partial charge >= 0.3 is 6.09 Å². The normalized spacial score (nSPS) is 16.3. The number of ether oxygens (including phenoxy) is 2. The first-order chi connectivity index (χ1) is 23.9. The van der Waals surface area contributed by atoms with Crippen LogP contribution >= 0.6 is 11.6 Å². The van der Waals surface area contributed by atoms with E-state index in [4.69, 9.17) is 21.1 Å². The predicted octanol–water partition coefficient (Wildman–Crippen LogP) is 5.96. The molecule has 11 nitrogen and oxygen atoms in total. The SMILES string of the molecule is CC(C)(C)OC(=O)N1CCN(C(=O)C2Cc3cc(Cl)cc(-c4ccnc5c4cc(Cc4cccnc4)n5S(=O)(=O)c4ccccc4)c3O2)CC1. The second kappa shape index (κ2) is 13.1. The molecule has 0 bridgehead atoms. The van der Waals surface area contributed by atoms with Crippen LogP contribution in [0.5, 0.6) is 5.75 Å². The Kier molecular flexibility index (Phi) is 8.77. The molecule has 13 heteroatoms. The number of benzene rings is 2. The van der Waals surface area contributed by atoms with Gasteiger partial charge in [-0.1, -0.05) is 35.9 Å². The van der Waals surface area contributed by atoms with Crippen LogP contribution in [0.3, 0.4) is 0 Å². The summed E-state index contributed by atoms with van der Waals surface area (Å²) in [5.41, 5.74) is 3.07. The Labute approximate surface area is 295 Å². The molecule has 1 saturated heterocycles. The van der Waals surface area contributed by atoms with Crippen molar-refractivity contribution in [3.63, 3.8) is 0 Å². The van der Waals surface area contributed by atoms with Crippen molar-refractivity contribution in [2.24, 2.45) is 0 Å². The first-order valence-corrected chi connectivity index (χ1v) is 18.2. The largest absolute Gasteiger partial charge is 0.479 e. The molecule has 1 atom stereocenters. The number of fused-ring (bicyclic) bond motifs is 2. The summed E-state index contributed by atoms with van der Waals surface area (Å²) in [6.45, 7) is 6.89. The van der Waals surface area contributed by atoms with Gasteiger partial charge in [0.05, 0.1) is 4.90 Å². The van der Waals surface area contributed by atoms with Gasteiger partial charge in [0.15, 0.2) is 11.8 Å². The van der Waals surface area contributed by atoms with Gasteiger partial charge in [0.25, 0.3) is 15.9 Å². The number of hydrogen-bond donors (Lipinski definition) is 0. The second-order valence-electron chi connectivity index (χ2n) is 13.4. The van der Waals surface area contributed by atoms with E-state index in [0.717, 1.165) is 11.1 Å². The highest BCUT2D eigenvalue weighted by Gasteiger charge is 2.37. The number of rotatable bonds is 6. The summed E-state index contributed by atoms with van der Waals surface area (Å²) >= 11 is 6.67. The number of hydrogen-bond acceptors (Lipinski definition) is 8. The number of amides is 2. The number of nitrogens with zero attached hydrogens (tertiary/aromatic N) is 5. The monoisotopic (exact) mass is 713 g/mol. The van der Waals surface area contributed by atoms with Gasteiger partial charge in [-0.3, -0.25) is 9.78 Å². The van der Waals surface area contributed by atoms with Crippen molar-refractivity contribution in [2.45, 2.75) is 50.2 Å². The van der Waals surface area contributed by atoms with Gasteiger partial charge < -0.3 is 19.3 Å². The third-order valence-corrected chi connectivity index (χ3v) is 10.7. The van der Waals surface area contributed by atoms with Crippen molar-refractivity contribution in [3.05, 3.63) is 107 Å². The molecule has 258 valence electrons. The van der Waals surface area contributed by atoms with Gasteiger partial charge in [-0.05, 0) is 74.4 Å². The molecule has 0 saturated carbocycles. The van der Waals surface area contributed by atoms with Crippen LogP contribution in [0.4, 0.5) is 4.79 Å². The summed E-state index contributed by atoms with van der Waals surface area (Å²) in [6, 6.07) is 19.2. The molecule has 3 aromatic heterocycles. The van der Waals surface area contributed by atoms with Gasteiger partial charge in [0.2, 0.25) is 0 Å². The van der Waals surface area contributed by atoms with Crippen molar-refractivity contribution in [3.8, 4) is 16.9 Å². The van der Waals surface area contributed by atoms with Gasteiger partial charge in [-0.15, -0.1) is 0 Å². The molecule has 2 amide bonds. The molecule has 0 radical (unpaired) electrons. The van der Waals surface area contributed by atoms with Crippen LogP contribution in [0.2, 0.25) is 5.02 Å². The molecule has 1 unspecified atom stereocenters. The molecule has 1 fully saturated rings. The Bertz CT molecular complexity index is 2190. The Hall–Kier alpha value is -4.94. The average molecular weight is 714 g/mol. The summed E-state index contributed by atoms with van der Waals surface area (Å²) < 4.78 is 41.6. The number of aromatic nitrogens is 3. The highest BCUT2D eigenvalue weighted by molar-refractivity contribution is 7.90. The molecule has 2 aromatic carbocycles. The van der Waals surface area contributed by atoms with E-state index in [1.807, 2.05) is 39.0 Å². The van der Waals surface area contributed by atoms with E-state index in [-0.39, 0.29) is 22.9 Å². The van der Waals surface area contributed by atoms with Crippen LogP contribution in [0.1, 0.15) is 37.6 Å². The molecule has 5 aromatic rings. The van der Waals surface area contributed by atoms with Crippen LogP contribution in [-0.4, -0.2) is 82.0 Å². The summed E-state index contributed by atoms with van der Waals surface area (Å²) in [7, 11) is -4.05. The number of carbonyl (C=O) groups excluding carboxylic acids is 2. The van der Waals surface area contributed by atoms with Crippen LogP contribution in [0.15, 0.2) is 90.2 Å². The maximum Gasteiger partial charge on any atom is 0.410 e. The van der Waals surface area contributed by atoms with Crippen LogP contribution in [0, 0.1) is 0 Å². The van der Waals surface area contributed by atoms with Gasteiger partial charge in [-0.2, -0.15) is 0 Å². The van der Waals surface area contributed by atoms with Gasteiger partial charge in [-0.25, -0.2) is 22.2 Å². The minimum Gasteiger partial charge on any atom is -0.479 e. The fraction of sp³-hybridized carbons (Fsp3) is 0.297. The fourth-order valence-electron chi connectivity index (χ4n) is 6.47. The van der Waals surface area contributed by atoms with Crippen LogP contribution in [0.25, 0.3) is 22.2 Å². The highest BCUT2D eigenvalue weighted by Crippen LogP contribution is 2.44. The molecule has 2 aliphatic rings. The standard InChI is InChI=1S/C37H36ClN5O6S/c1-37(2,3)49-36(45)42-16-14-41(15-17-42)35(44)32-20-25-19-26(38)21-30(33(25)48-32)29-11-13-40-34-31(29)22-27(18-24-8-7-12-39-23-24)43(34)50(46,47)28-9-5-4-6-10-28/h4-13,19,21-23,32H,14-18,20H2,1-3H3. The van der Waals surface area contributed by atoms with Gasteiger partial charge in [0, 0.05) is 84.8 Å². The summed E-state index contributed by atoms with van der Waals surface area (Å²) in [6.07, 6.45) is 4.37. The molecule has 0 spiro atoms. The number of pyridine rings is 2. The topological polar surface area (TPSA) is 124 Å². The van der Waals surface area contributed by atoms with E-state index in [2.05, 4.69) is 9.97 Å². The molecule has 7 rings (SSSR count).